The van der Waals surface area contributed by atoms with Crippen LogP contribution in [0.4, 0.5) is 0 Å². The van der Waals surface area contributed by atoms with E-state index in [2.05, 4.69) is 34.6 Å². The number of aryl methyl sites for hydroxylation is 2. The first-order chi connectivity index (χ1) is 22.6. The molecule has 2 rings (SSSR count). The molecule has 0 saturated heterocycles. The van der Waals surface area contributed by atoms with Crippen molar-refractivity contribution in [2.75, 3.05) is 26.5 Å². The molecule has 0 fully saturated rings. The van der Waals surface area contributed by atoms with Crippen molar-refractivity contribution in [1.29, 1.82) is 0 Å². The Kier molecular flexibility index (Phi) is 18.5. The van der Waals surface area contributed by atoms with Crippen molar-refractivity contribution in [2.24, 2.45) is 17.8 Å². The molecule has 1 aromatic carbocycles. The van der Waals surface area contributed by atoms with Crippen LogP contribution in [0.2, 0.25) is 0 Å². The number of rotatable bonds is 24. The summed E-state index contributed by atoms with van der Waals surface area (Å²) in [5.74, 6) is 3.21. The van der Waals surface area contributed by atoms with E-state index in [0.717, 1.165) is 60.3 Å². The van der Waals surface area contributed by atoms with Crippen LogP contribution in [0.25, 0.3) is 0 Å². The number of hydrogen-bond acceptors (Lipinski definition) is 8. The lowest BCUT2D eigenvalue weighted by Crippen LogP contribution is -2.36. The highest BCUT2D eigenvalue weighted by Gasteiger charge is 2.46. The Labute approximate surface area is 293 Å². The van der Waals surface area contributed by atoms with E-state index in [1.54, 1.807) is 20.8 Å². The summed E-state index contributed by atoms with van der Waals surface area (Å²) in [6, 6.07) is 3.72. The largest absolute Gasteiger partial charge is 0.487 e. The van der Waals surface area contributed by atoms with Crippen molar-refractivity contribution in [1.82, 2.24) is 0 Å². The third-order valence-corrected chi connectivity index (χ3v) is 16.1. The van der Waals surface area contributed by atoms with Crippen molar-refractivity contribution >= 4 is 20.9 Å². The molecule has 0 aromatic heterocycles. The highest BCUT2D eigenvalue weighted by molar-refractivity contribution is 7.74. The predicted molar refractivity (Wildman–Crippen MR) is 198 cm³/mol. The number of carbonyl (C=O) groups excluding carboxylic acids is 1. The Hall–Kier alpha value is -1.17. The Morgan fingerprint density at radius 2 is 1.42 bits per heavy atom. The van der Waals surface area contributed by atoms with Gasteiger partial charge in [-0.2, -0.15) is 0 Å². The number of carbonyl (C=O) groups is 1. The Balaban J connectivity index is 1.92. The lowest BCUT2D eigenvalue weighted by atomic mass is 9.85. The summed E-state index contributed by atoms with van der Waals surface area (Å²) < 4.78 is 55.9. The van der Waals surface area contributed by atoms with Gasteiger partial charge in [0.25, 0.3) is 0 Å². The van der Waals surface area contributed by atoms with Gasteiger partial charge in [-0.25, -0.2) is 0 Å². The molecule has 5 unspecified atom stereocenters. The quantitative estimate of drug-likeness (QED) is 0.0593. The first kappa shape index (κ1) is 43.0. The van der Waals surface area contributed by atoms with Crippen LogP contribution in [0, 0.1) is 24.7 Å². The Bertz CT molecular complexity index is 1210. The third-order valence-electron chi connectivity index (χ3n) is 9.62. The monoisotopic (exact) mass is 714 g/mol. The van der Waals surface area contributed by atoms with Crippen LogP contribution in [-0.4, -0.2) is 43.5 Å². The molecule has 0 N–H and O–H groups in total. The molecule has 1 aliphatic rings. The van der Waals surface area contributed by atoms with Crippen LogP contribution < -0.4 is 9.47 Å². The van der Waals surface area contributed by atoms with Gasteiger partial charge in [0.1, 0.15) is 22.5 Å². The highest BCUT2D eigenvalue weighted by atomic mass is 31.2. The summed E-state index contributed by atoms with van der Waals surface area (Å²) in [7, 11) is -7.22. The van der Waals surface area contributed by atoms with Crippen LogP contribution in [0.1, 0.15) is 144 Å². The Morgan fingerprint density at radius 1 is 0.854 bits per heavy atom. The maximum absolute atomic E-state index is 13.6. The summed E-state index contributed by atoms with van der Waals surface area (Å²) >= 11 is 0. The van der Waals surface area contributed by atoms with Gasteiger partial charge < -0.3 is 23.0 Å². The summed E-state index contributed by atoms with van der Waals surface area (Å²) in [6.45, 7) is 20.6. The molecule has 8 nitrogen and oxygen atoms in total. The minimum Gasteiger partial charge on any atom is -0.487 e. The predicted octanol–water partition coefficient (Wildman–Crippen LogP) is 11.7. The fourth-order valence-electron chi connectivity index (χ4n) is 6.87. The second-order valence-electron chi connectivity index (χ2n) is 14.8. The van der Waals surface area contributed by atoms with Crippen molar-refractivity contribution in [3.8, 4) is 11.5 Å². The topological polar surface area (TPSA) is 97.4 Å². The first-order valence-corrected chi connectivity index (χ1v) is 22.5. The molecule has 0 radical (unpaired) electrons. The standard InChI is InChI=1S/C38H68O8P2/c1-11-42-47(10,40)36(48(41,43-12-2)44-13-3)23-22-35(39)45-34-27-32(8)37-33(28-34)24-26-38(9,46-37)25-16-21-31(7)20-15-19-30(6)18-14-17-29(4)5/h27-31,36H,11-26H2,1-10H3. The summed E-state index contributed by atoms with van der Waals surface area (Å²) in [5, 5.41) is -1.06. The van der Waals surface area contributed by atoms with Crippen LogP contribution >= 0.6 is 15.0 Å². The number of ether oxygens (including phenoxy) is 2. The van der Waals surface area contributed by atoms with Crippen LogP contribution in [0.15, 0.2) is 12.1 Å². The molecule has 5 atom stereocenters. The van der Waals surface area contributed by atoms with E-state index in [1.807, 2.05) is 19.1 Å². The molecule has 1 aromatic rings. The normalized spacial score (nSPS) is 19.6. The van der Waals surface area contributed by atoms with Crippen LogP contribution in [0.3, 0.4) is 0 Å². The maximum atomic E-state index is 13.6. The third kappa shape index (κ3) is 14.2. The number of esters is 1. The zero-order chi connectivity index (χ0) is 36.0. The fraction of sp³-hybridized carbons (Fsp3) is 0.816. The minimum atomic E-state index is -3.80. The van der Waals surface area contributed by atoms with E-state index in [1.165, 1.54) is 51.6 Å². The van der Waals surface area contributed by atoms with E-state index in [4.69, 9.17) is 23.0 Å². The smallest absolute Gasteiger partial charge is 0.343 e. The molecule has 0 bridgehead atoms. The van der Waals surface area contributed by atoms with E-state index in [9.17, 15) is 13.9 Å². The average molecular weight is 715 g/mol. The van der Waals surface area contributed by atoms with E-state index in [-0.39, 0.29) is 38.3 Å². The average Bonchev–Trinajstić information content (AvgIpc) is 2.97. The summed E-state index contributed by atoms with van der Waals surface area (Å²) in [5.41, 5.74) is 1.76. The lowest BCUT2D eigenvalue weighted by Gasteiger charge is -2.37. The summed E-state index contributed by atoms with van der Waals surface area (Å²) in [6.07, 6.45) is 13.1. The fourth-order valence-corrected chi connectivity index (χ4v) is 12.4. The first-order valence-electron chi connectivity index (χ1n) is 18.7. The maximum Gasteiger partial charge on any atom is 0.343 e. The van der Waals surface area contributed by atoms with Crippen LogP contribution in [-0.2, 0) is 33.9 Å². The number of hydrogen-bond donors (Lipinski definition) is 0. The molecule has 48 heavy (non-hydrogen) atoms. The number of fused-ring (bicyclic) bond motifs is 1. The van der Waals surface area contributed by atoms with Gasteiger partial charge in [-0.1, -0.05) is 72.6 Å². The summed E-state index contributed by atoms with van der Waals surface area (Å²) in [4.78, 5) is 13.0. The molecule has 10 heteroatoms. The molecular formula is C38H68O8P2. The molecule has 0 saturated carbocycles. The minimum absolute atomic E-state index is 0.00847. The zero-order valence-corrected chi connectivity index (χ0v) is 33.7. The van der Waals surface area contributed by atoms with Crippen LogP contribution in [0.5, 0.6) is 11.5 Å². The van der Waals surface area contributed by atoms with Crippen molar-refractivity contribution in [3.05, 3.63) is 23.3 Å². The van der Waals surface area contributed by atoms with E-state index in [0.29, 0.717) is 5.75 Å². The zero-order valence-electron chi connectivity index (χ0n) is 31.9. The van der Waals surface area contributed by atoms with E-state index < -0.39 is 26.3 Å². The van der Waals surface area contributed by atoms with Crippen molar-refractivity contribution < 1.29 is 37.0 Å². The number of benzene rings is 1. The van der Waals surface area contributed by atoms with Crippen molar-refractivity contribution in [2.45, 2.75) is 157 Å². The van der Waals surface area contributed by atoms with Gasteiger partial charge in [-0.05, 0) is 108 Å². The lowest BCUT2D eigenvalue weighted by molar-refractivity contribution is -0.134. The van der Waals surface area contributed by atoms with Gasteiger partial charge >= 0.3 is 13.6 Å². The van der Waals surface area contributed by atoms with E-state index >= 15 is 0 Å². The Morgan fingerprint density at radius 3 is 1.98 bits per heavy atom. The van der Waals surface area contributed by atoms with Gasteiger partial charge in [0.05, 0.1) is 19.8 Å². The van der Waals surface area contributed by atoms with Gasteiger partial charge in [0.15, 0.2) is 0 Å². The second kappa shape index (κ2) is 20.6. The molecule has 0 spiro atoms. The molecule has 278 valence electrons. The molecule has 0 amide bonds. The van der Waals surface area contributed by atoms with Gasteiger partial charge in [-0.15, -0.1) is 0 Å². The molecule has 1 heterocycles. The highest BCUT2D eigenvalue weighted by Crippen LogP contribution is 2.69. The van der Waals surface area contributed by atoms with Gasteiger partial charge in [0.2, 0.25) is 7.37 Å². The molecule has 1 aliphatic heterocycles. The van der Waals surface area contributed by atoms with Crippen molar-refractivity contribution in [3.63, 3.8) is 0 Å². The van der Waals surface area contributed by atoms with Gasteiger partial charge in [0, 0.05) is 13.1 Å². The van der Waals surface area contributed by atoms with Gasteiger partial charge in [-0.3, -0.25) is 13.9 Å². The second-order valence-corrected chi connectivity index (χ2v) is 20.2. The molecular weight excluding hydrogens is 646 g/mol. The SMILES string of the molecule is CCOP(C)(=O)C(CCC(=O)Oc1cc(C)c2c(c1)CCC(C)(CCCC(C)CCCC(C)CCCC(C)C)O2)P(=O)(OCC)OCC. The molecule has 0 aliphatic carbocycles.